The topological polar surface area (TPSA) is 58.6 Å². The molecule has 0 fully saturated rings. The summed E-state index contributed by atoms with van der Waals surface area (Å²) in [6.45, 7) is 1.37. The lowest BCUT2D eigenvalue weighted by atomic mass is 10.2. The van der Waals surface area contributed by atoms with E-state index in [4.69, 9.17) is 34.4 Å². The van der Waals surface area contributed by atoms with E-state index in [1.54, 1.807) is 6.92 Å². The van der Waals surface area contributed by atoms with E-state index >= 15 is 0 Å². The van der Waals surface area contributed by atoms with Gasteiger partial charge in [0.2, 0.25) is 0 Å². The highest BCUT2D eigenvalue weighted by atomic mass is 35.5. The van der Waals surface area contributed by atoms with E-state index in [2.05, 4.69) is 11.2 Å². The van der Waals surface area contributed by atoms with Crippen molar-refractivity contribution in [3.63, 3.8) is 0 Å². The molecular weight excluding hydrogens is 289 g/mol. The molecule has 1 unspecified atom stereocenters. The van der Waals surface area contributed by atoms with E-state index in [0.717, 1.165) is 0 Å². The molecule has 1 aromatic rings. The zero-order valence-electron chi connectivity index (χ0n) is 10.2. The van der Waals surface area contributed by atoms with Gasteiger partial charge in [-0.15, -0.1) is 6.42 Å². The van der Waals surface area contributed by atoms with Crippen molar-refractivity contribution in [2.75, 3.05) is 6.54 Å². The molecule has 19 heavy (non-hydrogen) atoms. The normalized spacial score (nSPS) is 11.5. The summed E-state index contributed by atoms with van der Waals surface area (Å²) >= 11 is 11.8. The first-order chi connectivity index (χ1) is 8.99. The SMILES string of the molecule is C#CCNC(=O)C(C)Oc1c(Cl)cc(Cl)cc1CO. The molecule has 1 aromatic carbocycles. The third-order valence-electron chi connectivity index (χ3n) is 2.28. The van der Waals surface area contributed by atoms with Crippen LogP contribution in [-0.4, -0.2) is 23.7 Å². The highest BCUT2D eigenvalue weighted by molar-refractivity contribution is 6.35. The molecule has 4 nitrogen and oxygen atoms in total. The predicted octanol–water partition coefficient (Wildman–Crippen LogP) is 2.00. The Balaban J connectivity index is 2.87. The molecule has 1 rings (SSSR count). The second-order valence-electron chi connectivity index (χ2n) is 3.72. The van der Waals surface area contributed by atoms with E-state index in [9.17, 15) is 9.90 Å². The minimum Gasteiger partial charge on any atom is -0.479 e. The van der Waals surface area contributed by atoms with Gasteiger partial charge in [0.05, 0.1) is 18.2 Å². The minimum atomic E-state index is -0.794. The van der Waals surface area contributed by atoms with Gasteiger partial charge in [-0.05, 0) is 19.1 Å². The van der Waals surface area contributed by atoms with Crippen LogP contribution in [0.15, 0.2) is 12.1 Å². The molecule has 0 saturated heterocycles. The van der Waals surface area contributed by atoms with Crippen LogP contribution in [0.5, 0.6) is 5.75 Å². The van der Waals surface area contributed by atoms with E-state index in [1.807, 2.05) is 0 Å². The molecule has 0 saturated carbocycles. The van der Waals surface area contributed by atoms with Crippen LogP contribution in [-0.2, 0) is 11.4 Å². The number of rotatable bonds is 5. The Morgan fingerprint density at radius 2 is 2.26 bits per heavy atom. The Hall–Kier alpha value is -1.41. The average Bonchev–Trinajstić information content (AvgIpc) is 2.38. The smallest absolute Gasteiger partial charge is 0.261 e. The van der Waals surface area contributed by atoms with Gasteiger partial charge in [-0.3, -0.25) is 4.79 Å². The van der Waals surface area contributed by atoms with Crippen molar-refractivity contribution in [2.45, 2.75) is 19.6 Å². The zero-order chi connectivity index (χ0) is 14.4. The number of ether oxygens (including phenoxy) is 1. The first kappa shape index (κ1) is 15.6. The first-order valence-corrected chi connectivity index (χ1v) is 6.21. The van der Waals surface area contributed by atoms with E-state index in [1.165, 1.54) is 12.1 Å². The van der Waals surface area contributed by atoms with Crippen molar-refractivity contribution in [1.29, 1.82) is 0 Å². The molecule has 1 atom stereocenters. The van der Waals surface area contributed by atoms with Crippen LogP contribution in [0.2, 0.25) is 10.0 Å². The number of carbonyl (C=O) groups is 1. The number of hydrogen-bond donors (Lipinski definition) is 2. The summed E-state index contributed by atoms with van der Waals surface area (Å²) in [6, 6.07) is 3.00. The third-order valence-corrected chi connectivity index (χ3v) is 2.78. The van der Waals surface area contributed by atoms with Crippen molar-refractivity contribution < 1.29 is 14.6 Å². The largest absolute Gasteiger partial charge is 0.479 e. The summed E-state index contributed by atoms with van der Waals surface area (Å²) in [4.78, 5) is 11.6. The van der Waals surface area contributed by atoms with E-state index in [-0.39, 0.29) is 29.8 Å². The van der Waals surface area contributed by atoms with Gasteiger partial charge in [-0.25, -0.2) is 0 Å². The van der Waals surface area contributed by atoms with Crippen LogP contribution in [0.25, 0.3) is 0 Å². The monoisotopic (exact) mass is 301 g/mol. The number of terminal acetylenes is 1. The highest BCUT2D eigenvalue weighted by Crippen LogP contribution is 2.33. The molecule has 0 aliphatic rings. The molecule has 0 spiro atoms. The molecule has 0 aliphatic heterocycles. The van der Waals surface area contributed by atoms with Crippen LogP contribution < -0.4 is 10.1 Å². The van der Waals surface area contributed by atoms with Crippen LogP contribution in [0.4, 0.5) is 0 Å². The number of aliphatic hydroxyl groups excluding tert-OH is 1. The third kappa shape index (κ3) is 4.32. The van der Waals surface area contributed by atoms with E-state index < -0.39 is 6.10 Å². The van der Waals surface area contributed by atoms with Crippen molar-refractivity contribution >= 4 is 29.1 Å². The van der Waals surface area contributed by atoms with Gasteiger partial charge < -0.3 is 15.2 Å². The van der Waals surface area contributed by atoms with Crippen LogP contribution >= 0.6 is 23.2 Å². The van der Waals surface area contributed by atoms with Crippen LogP contribution in [0.1, 0.15) is 12.5 Å². The number of aliphatic hydroxyl groups is 1. The summed E-state index contributed by atoms with van der Waals surface area (Å²) in [5.41, 5.74) is 0.411. The Kier molecular flexibility index (Phi) is 5.97. The Bertz CT molecular complexity index is 511. The number of hydrogen-bond acceptors (Lipinski definition) is 3. The minimum absolute atomic E-state index is 0.119. The molecule has 0 bridgehead atoms. The van der Waals surface area contributed by atoms with Gasteiger partial charge in [0.1, 0.15) is 5.75 Å². The first-order valence-electron chi connectivity index (χ1n) is 5.46. The van der Waals surface area contributed by atoms with Crippen LogP contribution in [0, 0.1) is 12.3 Å². The molecule has 0 radical (unpaired) electrons. The van der Waals surface area contributed by atoms with E-state index in [0.29, 0.717) is 10.6 Å². The second-order valence-corrected chi connectivity index (χ2v) is 4.56. The number of amides is 1. The van der Waals surface area contributed by atoms with Gasteiger partial charge in [0.25, 0.3) is 5.91 Å². The second kappa shape index (κ2) is 7.25. The maximum absolute atomic E-state index is 11.6. The summed E-state index contributed by atoms with van der Waals surface area (Å²) in [5.74, 6) is 2.15. The van der Waals surface area contributed by atoms with Crippen molar-refractivity contribution in [3.05, 3.63) is 27.7 Å². The van der Waals surface area contributed by atoms with Crippen molar-refractivity contribution in [2.24, 2.45) is 0 Å². The molecule has 0 aliphatic carbocycles. The van der Waals surface area contributed by atoms with Gasteiger partial charge in [0, 0.05) is 10.6 Å². The number of benzene rings is 1. The lowest BCUT2D eigenvalue weighted by molar-refractivity contribution is -0.127. The zero-order valence-corrected chi connectivity index (χ0v) is 11.8. The number of carbonyl (C=O) groups excluding carboxylic acids is 1. The predicted molar refractivity (Wildman–Crippen MR) is 74.3 cm³/mol. The van der Waals surface area contributed by atoms with Crippen molar-refractivity contribution in [1.82, 2.24) is 5.32 Å². The average molecular weight is 302 g/mol. The van der Waals surface area contributed by atoms with Crippen LogP contribution in [0.3, 0.4) is 0 Å². The fourth-order valence-corrected chi connectivity index (χ4v) is 1.96. The molecule has 6 heteroatoms. The molecule has 1 amide bonds. The lowest BCUT2D eigenvalue weighted by Gasteiger charge is -2.17. The Morgan fingerprint density at radius 1 is 1.58 bits per heavy atom. The van der Waals surface area contributed by atoms with Crippen molar-refractivity contribution in [3.8, 4) is 18.1 Å². The lowest BCUT2D eigenvalue weighted by Crippen LogP contribution is -2.36. The van der Waals surface area contributed by atoms with Gasteiger partial charge in [-0.1, -0.05) is 29.1 Å². The number of halogens is 2. The summed E-state index contributed by atoms with van der Waals surface area (Å²) in [5, 5.41) is 12.3. The molecule has 0 heterocycles. The molecular formula is C13H13Cl2NO3. The quantitative estimate of drug-likeness (QED) is 0.818. The molecule has 102 valence electrons. The Morgan fingerprint density at radius 3 is 2.84 bits per heavy atom. The Labute approximate surface area is 121 Å². The maximum Gasteiger partial charge on any atom is 0.261 e. The number of nitrogens with one attached hydrogen (secondary N) is 1. The maximum atomic E-state index is 11.6. The fourth-order valence-electron chi connectivity index (χ4n) is 1.38. The summed E-state index contributed by atoms with van der Waals surface area (Å²) < 4.78 is 5.45. The summed E-state index contributed by atoms with van der Waals surface area (Å²) in [6.07, 6.45) is 4.25. The molecule has 0 aromatic heterocycles. The van der Waals surface area contributed by atoms with Gasteiger partial charge >= 0.3 is 0 Å². The van der Waals surface area contributed by atoms with Gasteiger partial charge in [0.15, 0.2) is 6.10 Å². The molecule has 2 N–H and O–H groups in total. The summed E-state index contributed by atoms with van der Waals surface area (Å²) in [7, 11) is 0. The fraction of sp³-hybridized carbons (Fsp3) is 0.308. The van der Waals surface area contributed by atoms with Gasteiger partial charge in [-0.2, -0.15) is 0 Å². The standard InChI is InChI=1S/C13H13Cl2NO3/c1-3-4-16-13(18)8(2)19-12-9(7-17)5-10(14)6-11(12)15/h1,5-6,8,17H,4,7H2,2H3,(H,16,18). The highest BCUT2D eigenvalue weighted by Gasteiger charge is 2.18.